The second-order valence-electron chi connectivity index (χ2n) is 3.98. The molecule has 84 valence electrons. The molecule has 0 saturated carbocycles. The van der Waals surface area contributed by atoms with Crippen molar-refractivity contribution >= 4 is 23.0 Å². The van der Waals surface area contributed by atoms with E-state index < -0.39 is 0 Å². The fourth-order valence-electron chi connectivity index (χ4n) is 2.06. The highest BCUT2D eigenvalue weighted by Gasteiger charge is 2.05. The highest BCUT2D eigenvalue weighted by Crippen LogP contribution is 2.25. The lowest BCUT2D eigenvalue weighted by molar-refractivity contribution is 1.04. The average Bonchev–Trinajstić information content (AvgIpc) is 2.77. The third-order valence-electron chi connectivity index (χ3n) is 2.93. The van der Waals surface area contributed by atoms with Gasteiger partial charge >= 0.3 is 0 Å². The first-order valence-electron chi connectivity index (χ1n) is 5.38. The van der Waals surface area contributed by atoms with Crippen LogP contribution in [0.2, 0.25) is 0 Å². The van der Waals surface area contributed by atoms with E-state index in [1.54, 1.807) is 6.33 Å². The lowest BCUT2D eigenvalue weighted by Gasteiger charge is -2.08. The summed E-state index contributed by atoms with van der Waals surface area (Å²) in [5, 5.41) is 9.16. The standard InChI is InChI=1S/C13H11N3S/c1-9-6-7-12(16-8-14-15-13(16)17)11-5-3-2-4-10(9)11/h2-8H,1H3,(H,15,17). The zero-order valence-electron chi connectivity index (χ0n) is 9.34. The van der Waals surface area contributed by atoms with E-state index in [-0.39, 0.29) is 0 Å². The van der Waals surface area contributed by atoms with Crippen LogP contribution in [0.25, 0.3) is 16.5 Å². The van der Waals surface area contributed by atoms with E-state index in [1.807, 2.05) is 16.7 Å². The van der Waals surface area contributed by atoms with Gasteiger partial charge in [0, 0.05) is 5.39 Å². The van der Waals surface area contributed by atoms with Crippen molar-refractivity contribution in [3.05, 3.63) is 53.1 Å². The zero-order chi connectivity index (χ0) is 11.8. The van der Waals surface area contributed by atoms with Gasteiger partial charge in [-0.1, -0.05) is 30.3 Å². The molecule has 4 heteroatoms. The Hall–Kier alpha value is -1.94. The van der Waals surface area contributed by atoms with Crippen molar-refractivity contribution in [2.45, 2.75) is 6.92 Å². The van der Waals surface area contributed by atoms with Crippen LogP contribution in [0.4, 0.5) is 0 Å². The van der Waals surface area contributed by atoms with Gasteiger partial charge in [0.1, 0.15) is 6.33 Å². The Morgan fingerprint density at radius 3 is 2.59 bits per heavy atom. The van der Waals surface area contributed by atoms with Gasteiger partial charge in [0.15, 0.2) is 4.77 Å². The van der Waals surface area contributed by atoms with E-state index in [0.29, 0.717) is 4.77 Å². The molecule has 0 atom stereocenters. The summed E-state index contributed by atoms with van der Waals surface area (Å²) in [6, 6.07) is 12.5. The molecule has 2 aromatic carbocycles. The molecule has 0 saturated heterocycles. The van der Waals surface area contributed by atoms with Crippen LogP contribution in [-0.4, -0.2) is 14.8 Å². The minimum atomic E-state index is 0.610. The predicted molar refractivity (Wildman–Crippen MR) is 71.0 cm³/mol. The molecule has 0 aliphatic carbocycles. The minimum Gasteiger partial charge on any atom is -0.274 e. The summed E-state index contributed by atoms with van der Waals surface area (Å²) in [7, 11) is 0. The quantitative estimate of drug-likeness (QED) is 0.662. The minimum absolute atomic E-state index is 0.610. The Labute approximate surface area is 104 Å². The number of hydrogen-bond donors (Lipinski definition) is 1. The van der Waals surface area contributed by atoms with Crippen molar-refractivity contribution in [1.82, 2.24) is 14.8 Å². The Bertz CT molecular complexity index is 740. The third-order valence-corrected chi connectivity index (χ3v) is 3.22. The molecule has 1 N–H and O–H groups in total. The Morgan fingerprint density at radius 2 is 1.88 bits per heavy atom. The number of benzene rings is 2. The number of aromatic nitrogens is 3. The van der Waals surface area contributed by atoms with E-state index in [2.05, 4.69) is 41.4 Å². The monoisotopic (exact) mass is 241 g/mol. The van der Waals surface area contributed by atoms with Gasteiger partial charge in [-0.2, -0.15) is 5.10 Å². The molecule has 3 nitrogen and oxygen atoms in total. The number of nitrogens with one attached hydrogen (secondary N) is 1. The zero-order valence-corrected chi connectivity index (χ0v) is 10.2. The van der Waals surface area contributed by atoms with Crippen molar-refractivity contribution in [2.24, 2.45) is 0 Å². The van der Waals surface area contributed by atoms with Gasteiger partial charge in [0.25, 0.3) is 0 Å². The van der Waals surface area contributed by atoms with E-state index in [0.717, 1.165) is 5.69 Å². The van der Waals surface area contributed by atoms with Crippen LogP contribution in [0.15, 0.2) is 42.7 Å². The van der Waals surface area contributed by atoms with Crippen LogP contribution in [0.3, 0.4) is 0 Å². The maximum Gasteiger partial charge on any atom is 0.199 e. The second-order valence-corrected chi connectivity index (χ2v) is 4.37. The van der Waals surface area contributed by atoms with E-state index in [4.69, 9.17) is 12.2 Å². The highest BCUT2D eigenvalue weighted by molar-refractivity contribution is 7.71. The summed E-state index contributed by atoms with van der Waals surface area (Å²) >= 11 is 5.21. The number of rotatable bonds is 1. The summed E-state index contributed by atoms with van der Waals surface area (Å²) in [5.41, 5.74) is 2.32. The van der Waals surface area contributed by atoms with Gasteiger partial charge in [0.05, 0.1) is 5.69 Å². The topological polar surface area (TPSA) is 33.6 Å². The van der Waals surface area contributed by atoms with Crippen molar-refractivity contribution in [2.75, 3.05) is 0 Å². The smallest absolute Gasteiger partial charge is 0.199 e. The Morgan fingerprint density at radius 1 is 1.12 bits per heavy atom. The normalized spacial score (nSPS) is 10.9. The lowest BCUT2D eigenvalue weighted by atomic mass is 10.0. The number of H-pyrrole nitrogens is 1. The summed E-state index contributed by atoms with van der Waals surface area (Å²) in [4.78, 5) is 0. The van der Waals surface area contributed by atoms with Crippen molar-refractivity contribution < 1.29 is 0 Å². The summed E-state index contributed by atoms with van der Waals surface area (Å²) < 4.78 is 2.50. The number of aryl methyl sites for hydroxylation is 1. The molecule has 1 heterocycles. The third kappa shape index (κ3) is 1.57. The van der Waals surface area contributed by atoms with Gasteiger partial charge in [-0.15, -0.1) is 0 Å². The Kier molecular flexibility index (Phi) is 2.30. The molecule has 17 heavy (non-hydrogen) atoms. The van der Waals surface area contributed by atoms with Crippen LogP contribution in [-0.2, 0) is 0 Å². The molecular formula is C13H11N3S. The van der Waals surface area contributed by atoms with E-state index in [9.17, 15) is 0 Å². The van der Waals surface area contributed by atoms with Crippen molar-refractivity contribution in [3.63, 3.8) is 0 Å². The number of fused-ring (bicyclic) bond motifs is 1. The van der Waals surface area contributed by atoms with Gasteiger partial charge in [-0.3, -0.25) is 9.67 Å². The van der Waals surface area contributed by atoms with Gasteiger partial charge in [-0.25, -0.2) is 0 Å². The fourth-order valence-corrected chi connectivity index (χ4v) is 2.26. The van der Waals surface area contributed by atoms with Gasteiger partial charge in [0.2, 0.25) is 0 Å². The molecule has 0 bridgehead atoms. The maximum absolute atomic E-state index is 5.21. The fraction of sp³-hybridized carbons (Fsp3) is 0.0769. The molecule has 3 rings (SSSR count). The van der Waals surface area contributed by atoms with Crippen molar-refractivity contribution in [1.29, 1.82) is 0 Å². The molecule has 1 aromatic heterocycles. The summed E-state index contributed by atoms with van der Waals surface area (Å²) in [6.07, 6.45) is 1.71. The predicted octanol–water partition coefficient (Wildman–Crippen LogP) is 3.39. The molecule has 0 spiro atoms. The van der Waals surface area contributed by atoms with Crippen molar-refractivity contribution in [3.8, 4) is 5.69 Å². The van der Waals surface area contributed by atoms with E-state index in [1.165, 1.54) is 16.3 Å². The average molecular weight is 241 g/mol. The maximum atomic E-state index is 5.21. The SMILES string of the molecule is Cc1ccc(-n2cn[nH]c2=S)c2ccccc12. The first-order chi connectivity index (χ1) is 8.27. The summed E-state index contributed by atoms with van der Waals surface area (Å²) in [6.45, 7) is 2.11. The molecule has 3 aromatic rings. The molecular weight excluding hydrogens is 230 g/mol. The first kappa shape index (κ1) is 10.2. The van der Waals surface area contributed by atoms with Crippen LogP contribution in [0, 0.1) is 11.7 Å². The molecule has 0 amide bonds. The summed E-state index contributed by atoms with van der Waals surface area (Å²) in [5.74, 6) is 0. The molecule has 0 aliphatic rings. The number of nitrogens with zero attached hydrogens (tertiary/aromatic N) is 2. The lowest BCUT2D eigenvalue weighted by Crippen LogP contribution is -1.94. The first-order valence-corrected chi connectivity index (χ1v) is 5.79. The van der Waals surface area contributed by atoms with Gasteiger partial charge < -0.3 is 0 Å². The van der Waals surface area contributed by atoms with E-state index >= 15 is 0 Å². The highest BCUT2D eigenvalue weighted by atomic mass is 32.1. The molecule has 0 fully saturated rings. The number of aromatic amines is 1. The van der Waals surface area contributed by atoms with Gasteiger partial charge in [-0.05, 0) is 36.2 Å². The second kappa shape index (κ2) is 3.82. The number of hydrogen-bond acceptors (Lipinski definition) is 2. The molecule has 0 radical (unpaired) electrons. The van der Waals surface area contributed by atoms with Crippen LogP contribution in [0.1, 0.15) is 5.56 Å². The van der Waals surface area contributed by atoms with Crippen LogP contribution in [0.5, 0.6) is 0 Å². The largest absolute Gasteiger partial charge is 0.274 e. The molecule has 0 aliphatic heterocycles. The Balaban J connectivity index is 2.43. The molecule has 0 unspecified atom stereocenters. The van der Waals surface area contributed by atoms with Crippen LogP contribution < -0.4 is 0 Å². The van der Waals surface area contributed by atoms with Crippen LogP contribution >= 0.6 is 12.2 Å².